The highest BCUT2D eigenvalue weighted by atomic mass is 16.2. The summed E-state index contributed by atoms with van der Waals surface area (Å²) in [6.45, 7) is 7.42. The molecule has 0 aliphatic carbocycles. The SMILES string of the molecule is C=CC(=O)Nc1ccccc1Nc1nc(Nc2ccc3c(c2)/C(=C/c2ccccc2C)C(=O)N3)ncc1C. The third kappa shape index (κ3) is 5.15. The van der Waals surface area contributed by atoms with Gasteiger partial charge >= 0.3 is 0 Å². The summed E-state index contributed by atoms with van der Waals surface area (Å²) in [7, 11) is 0. The van der Waals surface area contributed by atoms with Crippen molar-refractivity contribution in [3.63, 3.8) is 0 Å². The van der Waals surface area contributed by atoms with Crippen molar-refractivity contribution in [1.82, 2.24) is 9.97 Å². The lowest BCUT2D eigenvalue weighted by molar-refractivity contribution is -0.112. The van der Waals surface area contributed by atoms with E-state index in [1.54, 1.807) is 12.3 Å². The van der Waals surface area contributed by atoms with Crippen LogP contribution in [-0.4, -0.2) is 21.8 Å². The van der Waals surface area contributed by atoms with E-state index in [-0.39, 0.29) is 11.8 Å². The first-order valence-electron chi connectivity index (χ1n) is 12.0. The highest BCUT2D eigenvalue weighted by Crippen LogP contribution is 2.36. The van der Waals surface area contributed by atoms with Crippen LogP contribution in [0.2, 0.25) is 0 Å². The van der Waals surface area contributed by atoms with E-state index in [9.17, 15) is 9.59 Å². The van der Waals surface area contributed by atoms with Crippen molar-refractivity contribution < 1.29 is 9.59 Å². The third-order valence-electron chi connectivity index (χ3n) is 6.14. The quantitative estimate of drug-likeness (QED) is 0.224. The smallest absolute Gasteiger partial charge is 0.256 e. The van der Waals surface area contributed by atoms with Gasteiger partial charge in [0, 0.05) is 34.3 Å². The minimum atomic E-state index is -0.304. The molecule has 0 bridgehead atoms. The van der Waals surface area contributed by atoms with E-state index < -0.39 is 0 Å². The van der Waals surface area contributed by atoms with Crippen LogP contribution >= 0.6 is 0 Å². The number of aryl methyl sites for hydroxylation is 2. The fourth-order valence-corrected chi connectivity index (χ4v) is 4.08. The summed E-state index contributed by atoms with van der Waals surface area (Å²) in [5.74, 6) is 0.524. The van der Waals surface area contributed by atoms with Gasteiger partial charge in [-0.15, -0.1) is 0 Å². The number of aromatic nitrogens is 2. The number of para-hydroxylation sites is 2. The summed E-state index contributed by atoms with van der Waals surface area (Å²) in [5.41, 5.74) is 7.10. The molecule has 0 saturated carbocycles. The van der Waals surface area contributed by atoms with Gasteiger partial charge in [-0.2, -0.15) is 4.98 Å². The molecule has 1 aliphatic rings. The molecule has 2 amide bonds. The number of anilines is 6. The minimum Gasteiger partial charge on any atom is -0.338 e. The standard InChI is InChI=1S/C30H26N6O2/c1-4-27(37)33-25-11-7-8-12-26(25)34-28-19(3)17-31-30(36-28)32-21-13-14-24-22(16-21)23(29(38)35-24)15-20-10-6-5-9-18(20)2/h4-17H,1H2,2-3H3,(H,33,37)(H,35,38)(H2,31,32,34,36)/b23-15-. The van der Waals surface area contributed by atoms with E-state index in [1.807, 2.05) is 80.6 Å². The molecule has 0 spiro atoms. The zero-order valence-corrected chi connectivity index (χ0v) is 21.0. The van der Waals surface area contributed by atoms with Crippen molar-refractivity contribution in [2.75, 3.05) is 21.3 Å². The number of carbonyl (C=O) groups is 2. The Bertz CT molecular complexity index is 1610. The number of nitrogens with one attached hydrogen (secondary N) is 4. The van der Waals surface area contributed by atoms with Crippen molar-refractivity contribution >= 4 is 58.0 Å². The maximum atomic E-state index is 12.7. The van der Waals surface area contributed by atoms with Crippen molar-refractivity contribution in [2.24, 2.45) is 0 Å². The monoisotopic (exact) mass is 502 g/mol. The van der Waals surface area contributed by atoms with E-state index in [2.05, 4.69) is 37.8 Å². The van der Waals surface area contributed by atoms with Gasteiger partial charge in [0.1, 0.15) is 5.82 Å². The fourth-order valence-electron chi connectivity index (χ4n) is 4.08. The molecule has 2 heterocycles. The molecule has 8 nitrogen and oxygen atoms in total. The number of hydrogen-bond acceptors (Lipinski definition) is 6. The van der Waals surface area contributed by atoms with Crippen LogP contribution in [0.25, 0.3) is 11.6 Å². The van der Waals surface area contributed by atoms with Crippen molar-refractivity contribution in [2.45, 2.75) is 13.8 Å². The summed E-state index contributed by atoms with van der Waals surface area (Å²) < 4.78 is 0. The summed E-state index contributed by atoms with van der Waals surface area (Å²) in [6, 6.07) is 20.9. The van der Waals surface area contributed by atoms with Gasteiger partial charge < -0.3 is 21.3 Å². The molecule has 5 rings (SSSR count). The topological polar surface area (TPSA) is 108 Å². The van der Waals surface area contributed by atoms with Gasteiger partial charge in [0.05, 0.1) is 11.4 Å². The van der Waals surface area contributed by atoms with Gasteiger partial charge in [0.25, 0.3) is 5.91 Å². The molecule has 0 unspecified atom stereocenters. The number of rotatable bonds is 7. The first-order valence-corrected chi connectivity index (χ1v) is 12.0. The Morgan fingerprint density at radius 1 is 0.947 bits per heavy atom. The highest BCUT2D eigenvalue weighted by molar-refractivity contribution is 6.35. The lowest BCUT2D eigenvalue weighted by atomic mass is 10.0. The first-order chi connectivity index (χ1) is 18.4. The van der Waals surface area contributed by atoms with Gasteiger partial charge in [0.2, 0.25) is 11.9 Å². The van der Waals surface area contributed by atoms with Crippen LogP contribution in [0.3, 0.4) is 0 Å². The predicted molar refractivity (Wildman–Crippen MR) is 153 cm³/mol. The van der Waals surface area contributed by atoms with E-state index in [0.29, 0.717) is 28.7 Å². The number of hydrogen-bond donors (Lipinski definition) is 4. The second kappa shape index (κ2) is 10.4. The van der Waals surface area contributed by atoms with Gasteiger partial charge in [-0.05, 0) is 67.5 Å². The van der Waals surface area contributed by atoms with Crippen LogP contribution in [-0.2, 0) is 9.59 Å². The Balaban J connectivity index is 1.41. The summed E-state index contributed by atoms with van der Waals surface area (Å²) in [6.07, 6.45) is 4.84. The van der Waals surface area contributed by atoms with Gasteiger partial charge in [-0.25, -0.2) is 4.98 Å². The molecule has 3 aromatic carbocycles. The minimum absolute atomic E-state index is 0.138. The maximum absolute atomic E-state index is 12.7. The number of benzene rings is 3. The summed E-state index contributed by atoms with van der Waals surface area (Å²) in [4.78, 5) is 33.6. The average Bonchev–Trinajstić information content (AvgIpc) is 3.22. The van der Waals surface area contributed by atoms with Crippen LogP contribution in [0, 0.1) is 13.8 Å². The molecule has 1 aliphatic heterocycles. The molecule has 188 valence electrons. The molecule has 38 heavy (non-hydrogen) atoms. The molecule has 4 aromatic rings. The zero-order valence-electron chi connectivity index (χ0n) is 21.0. The third-order valence-corrected chi connectivity index (χ3v) is 6.14. The first kappa shape index (κ1) is 24.5. The molecule has 1 aromatic heterocycles. The lowest BCUT2D eigenvalue weighted by Gasteiger charge is -2.14. The van der Waals surface area contributed by atoms with Crippen molar-refractivity contribution in [3.8, 4) is 0 Å². The van der Waals surface area contributed by atoms with E-state index >= 15 is 0 Å². The molecule has 4 N–H and O–H groups in total. The van der Waals surface area contributed by atoms with E-state index in [4.69, 9.17) is 0 Å². The van der Waals surface area contributed by atoms with Crippen LogP contribution in [0.4, 0.5) is 34.5 Å². The van der Waals surface area contributed by atoms with Gasteiger partial charge in [-0.1, -0.05) is 43.0 Å². The maximum Gasteiger partial charge on any atom is 0.256 e. The van der Waals surface area contributed by atoms with Gasteiger partial charge in [-0.3, -0.25) is 9.59 Å². The van der Waals surface area contributed by atoms with Crippen molar-refractivity contribution in [1.29, 1.82) is 0 Å². The number of fused-ring (bicyclic) bond motifs is 1. The molecule has 0 saturated heterocycles. The molecule has 0 radical (unpaired) electrons. The molecule has 8 heteroatoms. The lowest BCUT2D eigenvalue weighted by Crippen LogP contribution is -2.10. The second-order valence-corrected chi connectivity index (χ2v) is 8.84. The highest BCUT2D eigenvalue weighted by Gasteiger charge is 2.24. The van der Waals surface area contributed by atoms with Crippen LogP contribution in [0.5, 0.6) is 0 Å². The van der Waals surface area contributed by atoms with E-state index in [0.717, 1.165) is 33.6 Å². The van der Waals surface area contributed by atoms with Crippen molar-refractivity contribution in [3.05, 3.63) is 108 Å². The Labute approximate surface area is 220 Å². The zero-order chi connectivity index (χ0) is 26.6. The van der Waals surface area contributed by atoms with E-state index in [1.165, 1.54) is 6.08 Å². The Morgan fingerprint density at radius 2 is 1.71 bits per heavy atom. The molecular weight excluding hydrogens is 476 g/mol. The number of nitrogens with zero attached hydrogens (tertiary/aromatic N) is 2. The fraction of sp³-hybridized carbons (Fsp3) is 0.0667. The Kier molecular flexibility index (Phi) is 6.69. The average molecular weight is 503 g/mol. The Morgan fingerprint density at radius 3 is 2.50 bits per heavy atom. The normalized spacial score (nSPS) is 13.0. The second-order valence-electron chi connectivity index (χ2n) is 8.84. The Hall–Kier alpha value is -5.24. The number of carbonyl (C=O) groups excluding carboxylic acids is 2. The number of amides is 2. The molecular formula is C30H26N6O2. The summed E-state index contributed by atoms with van der Waals surface area (Å²) >= 11 is 0. The van der Waals surface area contributed by atoms with Crippen LogP contribution in [0.15, 0.2) is 85.6 Å². The van der Waals surface area contributed by atoms with Crippen LogP contribution < -0.4 is 21.3 Å². The van der Waals surface area contributed by atoms with Crippen LogP contribution in [0.1, 0.15) is 22.3 Å². The molecule has 0 fully saturated rings. The predicted octanol–water partition coefficient (Wildman–Crippen LogP) is 6.20. The van der Waals surface area contributed by atoms with Gasteiger partial charge in [0.15, 0.2) is 0 Å². The molecule has 0 atom stereocenters. The largest absolute Gasteiger partial charge is 0.338 e. The summed E-state index contributed by atoms with van der Waals surface area (Å²) in [5, 5.41) is 12.2.